The fourth-order valence-corrected chi connectivity index (χ4v) is 2.72. The van der Waals surface area contributed by atoms with Gasteiger partial charge in [-0.25, -0.2) is 0 Å². The minimum absolute atomic E-state index is 0.195. The minimum atomic E-state index is 0.195. The summed E-state index contributed by atoms with van der Waals surface area (Å²) >= 11 is 0. The summed E-state index contributed by atoms with van der Waals surface area (Å²) in [6, 6.07) is 8.61. The van der Waals surface area contributed by atoms with Crippen LogP contribution in [0.2, 0.25) is 0 Å². The second kappa shape index (κ2) is 7.78. The van der Waals surface area contributed by atoms with Crippen molar-refractivity contribution in [1.29, 1.82) is 0 Å². The molecule has 118 valence electrons. The lowest BCUT2D eigenvalue weighted by molar-refractivity contribution is -0.0390. The summed E-state index contributed by atoms with van der Waals surface area (Å²) in [5.41, 5.74) is 1.26. The number of nitrogens with zero attached hydrogens (tertiary/aromatic N) is 1. The molecule has 2 atom stereocenters. The first-order valence-electron chi connectivity index (χ1n) is 7.90. The van der Waals surface area contributed by atoms with Gasteiger partial charge in [0.1, 0.15) is 5.75 Å². The molecule has 1 saturated heterocycles. The molecule has 1 fully saturated rings. The smallest absolute Gasteiger partial charge is 0.119 e. The van der Waals surface area contributed by atoms with Crippen LogP contribution in [-0.2, 0) is 4.74 Å². The summed E-state index contributed by atoms with van der Waals surface area (Å²) in [5, 5.41) is 3.56. The lowest BCUT2D eigenvalue weighted by atomic mass is 10.00. The van der Waals surface area contributed by atoms with E-state index in [9.17, 15) is 0 Å². The lowest BCUT2D eigenvalue weighted by Crippen LogP contribution is -2.46. The van der Waals surface area contributed by atoms with Crippen LogP contribution in [0.25, 0.3) is 0 Å². The van der Waals surface area contributed by atoms with Crippen molar-refractivity contribution in [2.45, 2.75) is 39.0 Å². The molecule has 0 saturated carbocycles. The highest BCUT2D eigenvalue weighted by Gasteiger charge is 2.27. The molecule has 4 nitrogen and oxygen atoms in total. The Labute approximate surface area is 128 Å². The van der Waals surface area contributed by atoms with Crippen LogP contribution in [0.1, 0.15) is 32.4 Å². The van der Waals surface area contributed by atoms with E-state index in [1.807, 2.05) is 26.0 Å². The zero-order valence-corrected chi connectivity index (χ0v) is 13.6. The molecule has 21 heavy (non-hydrogen) atoms. The molecule has 0 aromatic heterocycles. The number of likely N-dealkylation sites (N-methyl/N-ethyl adjacent to an activating group) is 2. The van der Waals surface area contributed by atoms with Gasteiger partial charge in [0.25, 0.3) is 0 Å². The SMILES string of the molecule is CCNC(c1ccc(OC(C)C)cc1)C1CN(C)CCO1. The van der Waals surface area contributed by atoms with Gasteiger partial charge in [0.15, 0.2) is 0 Å². The van der Waals surface area contributed by atoms with Crippen LogP contribution in [-0.4, -0.2) is 50.4 Å². The van der Waals surface area contributed by atoms with Crippen LogP contribution in [0.15, 0.2) is 24.3 Å². The summed E-state index contributed by atoms with van der Waals surface area (Å²) in [6.07, 6.45) is 0.399. The maximum Gasteiger partial charge on any atom is 0.119 e. The topological polar surface area (TPSA) is 33.7 Å². The van der Waals surface area contributed by atoms with Gasteiger partial charge >= 0.3 is 0 Å². The monoisotopic (exact) mass is 292 g/mol. The molecule has 1 N–H and O–H groups in total. The van der Waals surface area contributed by atoms with Crippen LogP contribution in [0, 0.1) is 0 Å². The van der Waals surface area contributed by atoms with Crippen LogP contribution in [0.5, 0.6) is 5.75 Å². The first-order chi connectivity index (χ1) is 10.1. The second-order valence-corrected chi connectivity index (χ2v) is 5.94. The highest BCUT2D eigenvalue weighted by molar-refractivity contribution is 5.30. The summed E-state index contributed by atoms with van der Waals surface area (Å²) in [4.78, 5) is 2.33. The third kappa shape index (κ3) is 4.70. The molecule has 2 rings (SSSR count). The highest BCUT2D eigenvalue weighted by Crippen LogP contribution is 2.24. The molecule has 1 aliphatic rings. The Morgan fingerprint density at radius 1 is 1.33 bits per heavy atom. The maximum atomic E-state index is 5.98. The first kappa shape index (κ1) is 16.3. The van der Waals surface area contributed by atoms with Gasteiger partial charge in [-0.3, -0.25) is 0 Å². The van der Waals surface area contributed by atoms with Gasteiger partial charge in [-0.2, -0.15) is 0 Å². The molecule has 0 bridgehead atoms. The molecular formula is C17H28N2O2. The van der Waals surface area contributed by atoms with Gasteiger partial charge in [0.05, 0.1) is 24.9 Å². The second-order valence-electron chi connectivity index (χ2n) is 5.94. The van der Waals surface area contributed by atoms with Crippen molar-refractivity contribution in [2.24, 2.45) is 0 Å². The molecule has 2 unspecified atom stereocenters. The Bertz CT molecular complexity index is 419. The Morgan fingerprint density at radius 3 is 2.62 bits per heavy atom. The van der Waals surface area contributed by atoms with E-state index in [2.05, 4.69) is 36.3 Å². The van der Waals surface area contributed by atoms with Gasteiger partial charge in [0, 0.05) is 13.1 Å². The average molecular weight is 292 g/mol. The normalized spacial score (nSPS) is 21.5. The first-order valence-corrected chi connectivity index (χ1v) is 7.90. The molecule has 1 aromatic rings. The van der Waals surface area contributed by atoms with E-state index < -0.39 is 0 Å². The predicted octanol–water partition coefficient (Wildman–Crippen LogP) is 2.46. The van der Waals surface area contributed by atoms with Crippen molar-refractivity contribution < 1.29 is 9.47 Å². The van der Waals surface area contributed by atoms with Crippen LogP contribution >= 0.6 is 0 Å². The lowest BCUT2D eigenvalue weighted by Gasteiger charge is -2.35. The van der Waals surface area contributed by atoms with Crippen molar-refractivity contribution in [2.75, 3.05) is 33.3 Å². The van der Waals surface area contributed by atoms with E-state index in [4.69, 9.17) is 9.47 Å². The predicted molar refractivity (Wildman–Crippen MR) is 85.9 cm³/mol. The van der Waals surface area contributed by atoms with Crippen molar-refractivity contribution in [1.82, 2.24) is 10.2 Å². The van der Waals surface area contributed by atoms with Crippen LogP contribution in [0.3, 0.4) is 0 Å². The summed E-state index contributed by atoms with van der Waals surface area (Å²) < 4.78 is 11.7. The highest BCUT2D eigenvalue weighted by atomic mass is 16.5. The minimum Gasteiger partial charge on any atom is -0.491 e. The fraction of sp³-hybridized carbons (Fsp3) is 0.647. The largest absolute Gasteiger partial charge is 0.491 e. The van der Waals surface area contributed by atoms with Crippen molar-refractivity contribution >= 4 is 0 Å². The van der Waals surface area contributed by atoms with E-state index in [-0.39, 0.29) is 18.2 Å². The van der Waals surface area contributed by atoms with E-state index in [1.54, 1.807) is 0 Å². The van der Waals surface area contributed by atoms with E-state index >= 15 is 0 Å². The van der Waals surface area contributed by atoms with Gasteiger partial charge in [-0.1, -0.05) is 19.1 Å². The summed E-state index contributed by atoms with van der Waals surface area (Å²) in [5.74, 6) is 0.922. The Hall–Kier alpha value is -1.10. The summed E-state index contributed by atoms with van der Waals surface area (Å²) in [7, 11) is 2.15. The third-order valence-corrected chi connectivity index (χ3v) is 3.70. The summed E-state index contributed by atoms with van der Waals surface area (Å²) in [6.45, 7) is 9.92. The average Bonchev–Trinajstić information content (AvgIpc) is 2.45. The number of rotatable bonds is 6. The van der Waals surface area contributed by atoms with Crippen LogP contribution in [0.4, 0.5) is 0 Å². The molecule has 0 aliphatic carbocycles. The van der Waals surface area contributed by atoms with Crippen molar-refractivity contribution in [3.05, 3.63) is 29.8 Å². The van der Waals surface area contributed by atoms with Crippen molar-refractivity contribution in [3.63, 3.8) is 0 Å². The molecule has 0 spiro atoms. The zero-order chi connectivity index (χ0) is 15.2. The van der Waals surface area contributed by atoms with E-state index in [0.29, 0.717) is 0 Å². The Morgan fingerprint density at radius 2 is 2.05 bits per heavy atom. The van der Waals surface area contributed by atoms with Gasteiger partial charge < -0.3 is 19.7 Å². The standard InChI is InChI=1S/C17H28N2O2/c1-5-18-17(16-12-19(4)10-11-20-16)14-6-8-15(9-7-14)21-13(2)3/h6-9,13,16-18H,5,10-12H2,1-4H3. The Balaban J connectivity index is 2.09. The zero-order valence-electron chi connectivity index (χ0n) is 13.6. The number of nitrogens with one attached hydrogen (secondary N) is 1. The van der Waals surface area contributed by atoms with Crippen molar-refractivity contribution in [3.8, 4) is 5.75 Å². The number of hydrogen-bond donors (Lipinski definition) is 1. The number of morpholine rings is 1. The van der Waals surface area contributed by atoms with Gasteiger partial charge in [0.2, 0.25) is 0 Å². The maximum absolute atomic E-state index is 5.98. The molecule has 0 amide bonds. The molecular weight excluding hydrogens is 264 g/mol. The number of benzene rings is 1. The number of ether oxygens (including phenoxy) is 2. The number of hydrogen-bond acceptors (Lipinski definition) is 4. The van der Waals surface area contributed by atoms with Crippen LogP contribution < -0.4 is 10.1 Å². The van der Waals surface area contributed by atoms with E-state index in [1.165, 1.54) is 5.56 Å². The molecule has 1 aromatic carbocycles. The van der Waals surface area contributed by atoms with E-state index in [0.717, 1.165) is 32.0 Å². The molecule has 1 heterocycles. The quantitative estimate of drug-likeness (QED) is 0.873. The fourth-order valence-electron chi connectivity index (χ4n) is 2.72. The molecule has 0 radical (unpaired) electrons. The molecule has 4 heteroatoms. The third-order valence-electron chi connectivity index (χ3n) is 3.70. The van der Waals surface area contributed by atoms with Gasteiger partial charge in [-0.15, -0.1) is 0 Å². The van der Waals surface area contributed by atoms with Gasteiger partial charge in [-0.05, 0) is 45.1 Å². The Kier molecular flexibility index (Phi) is 6.03. The molecule has 1 aliphatic heterocycles.